The zero-order valence-electron chi connectivity index (χ0n) is 10.7. The van der Waals surface area contributed by atoms with Crippen LogP contribution in [-0.2, 0) is 12.8 Å². The monoisotopic (exact) mass is 399 g/mol. The molecule has 0 saturated heterocycles. The van der Waals surface area contributed by atoms with Gasteiger partial charge < -0.3 is 5.32 Å². The number of fused-ring (bicyclic) bond motifs is 1. The van der Waals surface area contributed by atoms with Gasteiger partial charge in [-0.25, -0.2) is 0 Å². The summed E-state index contributed by atoms with van der Waals surface area (Å²) in [5.74, 6) is 0. The lowest BCUT2D eigenvalue weighted by molar-refractivity contribution is 0.691. The minimum absolute atomic E-state index is 0.253. The Morgan fingerprint density at radius 2 is 1.95 bits per heavy atom. The van der Waals surface area contributed by atoms with Crippen molar-refractivity contribution in [1.82, 2.24) is 5.32 Å². The van der Waals surface area contributed by atoms with Gasteiger partial charge in [0.15, 0.2) is 0 Å². The molecule has 1 atom stereocenters. The van der Waals surface area contributed by atoms with Crippen LogP contribution < -0.4 is 5.32 Å². The maximum absolute atomic E-state index is 3.67. The van der Waals surface area contributed by atoms with E-state index in [4.69, 9.17) is 0 Å². The normalized spacial score (nSPS) is 15.5. The van der Waals surface area contributed by atoms with E-state index >= 15 is 0 Å². The first-order chi connectivity index (χ1) is 9.19. The van der Waals surface area contributed by atoms with E-state index in [1.165, 1.54) is 45.3 Å². The standard InChI is InChI=1S/C15H15Br2NS/c1-18-14(12-8-13(16)19-15(12)17)11-6-5-9-3-2-4-10(9)7-11/h5-8,14,18H,2-4H2,1H3. The maximum atomic E-state index is 3.67. The molecule has 19 heavy (non-hydrogen) atoms. The van der Waals surface area contributed by atoms with Crippen molar-refractivity contribution < 1.29 is 0 Å². The molecule has 0 bridgehead atoms. The zero-order valence-corrected chi connectivity index (χ0v) is 14.7. The summed E-state index contributed by atoms with van der Waals surface area (Å²) in [6.07, 6.45) is 3.78. The largest absolute Gasteiger partial charge is 0.309 e. The van der Waals surface area contributed by atoms with E-state index in [-0.39, 0.29) is 6.04 Å². The molecule has 1 N–H and O–H groups in total. The molecule has 1 aromatic heterocycles. The lowest BCUT2D eigenvalue weighted by atomic mass is 9.97. The Kier molecular flexibility index (Phi) is 4.13. The highest BCUT2D eigenvalue weighted by Crippen LogP contribution is 2.38. The molecule has 0 spiro atoms. The molecule has 4 heteroatoms. The molecule has 1 nitrogen and oxygen atoms in total. The van der Waals surface area contributed by atoms with Gasteiger partial charge in [-0.2, -0.15) is 0 Å². The van der Waals surface area contributed by atoms with Gasteiger partial charge in [0.2, 0.25) is 0 Å². The highest BCUT2D eigenvalue weighted by atomic mass is 79.9. The van der Waals surface area contributed by atoms with Crippen LogP contribution in [-0.4, -0.2) is 7.05 Å². The fourth-order valence-corrected chi connectivity index (χ4v) is 5.73. The van der Waals surface area contributed by atoms with E-state index in [0.29, 0.717) is 0 Å². The Bertz CT molecular complexity index is 606. The Hall–Kier alpha value is -0.160. The second kappa shape index (κ2) is 5.68. The predicted octanol–water partition coefficient (Wildman–Crippen LogP) is 5.07. The Labute approximate surface area is 134 Å². The van der Waals surface area contributed by atoms with Crippen LogP contribution in [0.3, 0.4) is 0 Å². The number of nitrogens with one attached hydrogen (secondary N) is 1. The van der Waals surface area contributed by atoms with Crippen LogP contribution in [0.15, 0.2) is 31.8 Å². The van der Waals surface area contributed by atoms with E-state index < -0.39 is 0 Å². The lowest BCUT2D eigenvalue weighted by Crippen LogP contribution is -2.17. The van der Waals surface area contributed by atoms with Crippen LogP contribution in [0, 0.1) is 0 Å². The Morgan fingerprint density at radius 1 is 1.16 bits per heavy atom. The van der Waals surface area contributed by atoms with Gasteiger partial charge in [0.25, 0.3) is 0 Å². The predicted molar refractivity (Wildman–Crippen MR) is 89.1 cm³/mol. The first-order valence-electron chi connectivity index (χ1n) is 6.42. The molecule has 0 fully saturated rings. The first kappa shape index (κ1) is 13.8. The molecule has 1 heterocycles. The lowest BCUT2D eigenvalue weighted by Gasteiger charge is -2.17. The molecular weight excluding hydrogens is 386 g/mol. The van der Waals surface area contributed by atoms with Crippen LogP contribution >= 0.6 is 43.2 Å². The van der Waals surface area contributed by atoms with Gasteiger partial charge in [0, 0.05) is 0 Å². The van der Waals surface area contributed by atoms with Gasteiger partial charge in [-0.05, 0) is 86.5 Å². The summed E-state index contributed by atoms with van der Waals surface area (Å²) in [6, 6.07) is 9.40. The SMILES string of the molecule is CNC(c1ccc2c(c1)CCC2)c1cc(Br)sc1Br. The van der Waals surface area contributed by atoms with Crippen LogP contribution in [0.4, 0.5) is 0 Å². The molecule has 3 rings (SSSR count). The number of rotatable bonds is 3. The van der Waals surface area contributed by atoms with Gasteiger partial charge in [-0.3, -0.25) is 0 Å². The Balaban J connectivity index is 2.00. The second-order valence-corrected chi connectivity index (χ2v) is 8.63. The molecular formula is C15H15Br2NS. The molecule has 100 valence electrons. The minimum atomic E-state index is 0.253. The minimum Gasteiger partial charge on any atom is -0.309 e. The second-order valence-electron chi connectivity index (χ2n) is 4.88. The number of benzene rings is 1. The van der Waals surface area contributed by atoms with Gasteiger partial charge in [0.05, 0.1) is 13.6 Å². The third kappa shape index (κ3) is 2.68. The number of aryl methyl sites for hydroxylation is 2. The van der Waals surface area contributed by atoms with Crippen molar-refractivity contribution in [2.45, 2.75) is 25.3 Å². The number of hydrogen-bond donors (Lipinski definition) is 1. The summed E-state index contributed by atoms with van der Waals surface area (Å²) in [7, 11) is 2.02. The summed E-state index contributed by atoms with van der Waals surface area (Å²) in [4.78, 5) is 0. The van der Waals surface area contributed by atoms with Gasteiger partial charge in [-0.15, -0.1) is 11.3 Å². The highest BCUT2D eigenvalue weighted by Gasteiger charge is 2.19. The number of hydrogen-bond acceptors (Lipinski definition) is 2. The van der Waals surface area contributed by atoms with E-state index in [1.54, 1.807) is 11.3 Å². The summed E-state index contributed by atoms with van der Waals surface area (Å²) < 4.78 is 2.36. The summed E-state index contributed by atoms with van der Waals surface area (Å²) in [5, 5.41) is 3.44. The van der Waals surface area contributed by atoms with Crippen LogP contribution in [0.1, 0.15) is 34.7 Å². The van der Waals surface area contributed by atoms with E-state index in [1.807, 2.05) is 7.05 Å². The number of halogens is 2. The van der Waals surface area contributed by atoms with Crippen molar-refractivity contribution in [1.29, 1.82) is 0 Å². The van der Waals surface area contributed by atoms with Crippen LogP contribution in [0.5, 0.6) is 0 Å². The van der Waals surface area contributed by atoms with Crippen molar-refractivity contribution in [3.8, 4) is 0 Å². The van der Waals surface area contributed by atoms with Crippen molar-refractivity contribution in [3.63, 3.8) is 0 Å². The first-order valence-corrected chi connectivity index (χ1v) is 8.83. The quantitative estimate of drug-likeness (QED) is 0.758. The van der Waals surface area contributed by atoms with Crippen LogP contribution in [0.25, 0.3) is 0 Å². The van der Waals surface area contributed by atoms with Crippen molar-refractivity contribution >= 4 is 43.2 Å². The van der Waals surface area contributed by atoms with Crippen molar-refractivity contribution in [3.05, 3.63) is 54.1 Å². The van der Waals surface area contributed by atoms with E-state index in [0.717, 1.165) is 3.79 Å². The van der Waals surface area contributed by atoms with Crippen molar-refractivity contribution in [2.24, 2.45) is 0 Å². The topological polar surface area (TPSA) is 12.0 Å². The third-order valence-electron chi connectivity index (χ3n) is 3.74. The van der Waals surface area contributed by atoms with Gasteiger partial charge in [-0.1, -0.05) is 18.2 Å². The molecule has 0 radical (unpaired) electrons. The average Bonchev–Trinajstić information content (AvgIpc) is 2.97. The molecule has 1 aromatic carbocycles. The molecule has 2 aromatic rings. The van der Waals surface area contributed by atoms with Crippen molar-refractivity contribution in [2.75, 3.05) is 7.05 Å². The summed E-state index contributed by atoms with van der Waals surface area (Å²) in [6.45, 7) is 0. The highest BCUT2D eigenvalue weighted by molar-refractivity contribution is 9.12. The molecule has 0 saturated carbocycles. The Morgan fingerprint density at radius 3 is 2.63 bits per heavy atom. The molecule has 1 aliphatic rings. The number of thiophene rings is 1. The fraction of sp³-hybridized carbons (Fsp3) is 0.333. The maximum Gasteiger partial charge on any atom is 0.0761 e. The summed E-state index contributed by atoms with van der Waals surface area (Å²) in [5.41, 5.74) is 5.72. The van der Waals surface area contributed by atoms with Crippen LogP contribution in [0.2, 0.25) is 0 Å². The third-order valence-corrected chi connectivity index (χ3v) is 6.12. The summed E-state index contributed by atoms with van der Waals surface area (Å²) >= 11 is 8.96. The molecule has 1 unspecified atom stereocenters. The zero-order chi connectivity index (χ0) is 13.4. The molecule has 0 amide bonds. The van der Waals surface area contributed by atoms with E-state index in [2.05, 4.69) is 61.4 Å². The van der Waals surface area contributed by atoms with Gasteiger partial charge in [0.1, 0.15) is 0 Å². The smallest absolute Gasteiger partial charge is 0.0761 e. The fourth-order valence-electron chi connectivity index (χ4n) is 2.82. The van der Waals surface area contributed by atoms with Gasteiger partial charge >= 0.3 is 0 Å². The molecule has 0 aliphatic heterocycles. The average molecular weight is 401 g/mol. The van der Waals surface area contributed by atoms with E-state index in [9.17, 15) is 0 Å². The molecule has 1 aliphatic carbocycles.